The van der Waals surface area contributed by atoms with Gasteiger partial charge in [0.2, 0.25) is 5.91 Å². The zero-order valence-corrected chi connectivity index (χ0v) is 23.1. The van der Waals surface area contributed by atoms with Crippen molar-refractivity contribution in [3.05, 3.63) is 11.6 Å². The topological polar surface area (TPSA) is 81.9 Å². The summed E-state index contributed by atoms with van der Waals surface area (Å²) in [5, 5.41) is 23.3. The van der Waals surface area contributed by atoms with E-state index in [1.54, 1.807) is 0 Å². The van der Waals surface area contributed by atoms with Crippen molar-refractivity contribution in [1.82, 2.24) is 5.48 Å². The van der Waals surface area contributed by atoms with E-state index in [1.165, 1.54) is 12.0 Å². The first-order chi connectivity index (χ1) is 16.3. The summed E-state index contributed by atoms with van der Waals surface area (Å²) in [5.41, 5.74) is 4.49. The molecule has 0 aromatic carbocycles. The molecule has 1 amide bonds. The fourth-order valence-electron chi connectivity index (χ4n) is 11.0. The molecule has 4 fully saturated rings. The van der Waals surface area contributed by atoms with Crippen LogP contribution in [0.3, 0.4) is 0 Å². The molecule has 4 saturated carbocycles. The van der Waals surface area contributed by atoms with Gasteiger partial charge in [0.25, 0.3) is 0 Å². The van der Waals surface area contributed by atoms with Gasteiger partial charge in [-0.1, -0.05) is 65.3 Å². The van der Waals surface area contributed by atoms with Crippen LogP contribution >= 0.6 is 0 Å². The second kappa shape index (κ2) is 7.82. The van der Waals surface area contributed by atoms with Crippen molar-refractivity contribution in [3.8, 4) is 0 Å². The summed E-state index contributed by atoms with van der Waals surface area (Å²) in [6.45, 7) is 16.9. The first-order valence-electron chi connectivity index (χ1n) is 14.2. The molecule has 5 heteroatoms. The number of hydrogen-bond donors (Lipinski definition) is 3. The van der Waals surface area contributed by atoms with Crippen LogP contribution in [0.15, 0.2) is 16.8 Å². The number of hydroxylamine groups is 1. The predicted molar refractivity (Wildman–Crippen MR) is 138 cm³/mol. The van der Waals surface area contributed by atoms with E-state index in [2.05, 4.69) is 65.2 Å². The van der Waals surface area contributed by atoms with Gasteiger partial charge in [-0.3, -0.25) is 10.0 Å². The van der Waals surface area contributed by atoms with Crippen molar-refractivity contribution >= 4 is 11.6 Å². The van der Waals surface area contributed by atoms with Crippen LogP contribution in [-0.4, -0.2) is 22.0 Å². The molecule has 0 saturated heterocycles. The lowest BCUT2D eigenvalue weighted by atomic mass is 9.33. The molecule has 5 aliphatic carbocycles. The van der Waals surface area contributed by atoms with Gasteiger partial charge >= 0.3 is 0 Å². The monoisotopic (exact) mass is 484 g/mol. The Bertz CT molecular complexity index is 971. The minimum atomic E-state index is -0.477. The van der Waals surface area contributed by atoms with Gasteiger partial charge in [-0.2, -0.15) is 0 Å². The standard InChI is InChI=1S/C30H48N2O3/c1-18-10-15-30(25(33)32-35)17-16-28(6)20(24(30)19(18)2)8-9-22-27(5)13-12-23(31-34)26(3,4)21(27)11-14-29(22,28)7/h8,18-19,21-22,24,34-35H,9-17H2,1-7H3,(H,32,33)/b31-23-/t18-,19+,21?,22-,24+,27+,28-,29-,30+/m1/s1. The Balaban J connectivity index is 1.61. The normalized spacial score (nSPS) is 51.8. The number of nitrogens with one attached hydrogen (secondary N) is 1. The van der Waals surface area contributed by atoms with Crippen molar-refractivity contribution in [2.45, 2.75) is 106 Å². The molecular weight excluding hydrogens is 436 g/mol. The Morgan fingerprint density at radius 3 is 2.37 bits per heavy atom. The highest BCUT2D eigenvalue weighted by molar-refractivity contribution is 5.90. The zero-order chi connectivity index (χ0) is 25.6. The Morgan fingerprint density at radius 2 is 1.71 bits per heavy atom. The third kappa shape index (κ3) is 2.97. The number of oxime groups is 1. The van der Waals surface area contributed by atoms with Crippen LogP contribution in [-0.2, 0) is 4.79 Å². The summed E-state index contributed by atoms with van der Waals surface area (Å²) >= 11 is 0. The third-order valence-electron chi connectivity index (χ3n) is 13.4. The SMILES string of the molecule is C[C@H]1[C@H](C)CC[C@]2(C(=O)NO)CC[C@]3(C)C(=CC[C@@H]4[C@@]5(C)CC/C(=N/O)C(C)(C)C5CC[C@]43C)[C@H]12. The maximum Gasteiger partial charge on any atom is 0.250 e. The number of carbonyl (C=O) groups is 1. The van der Waals surface area contributed by atoms with E-state index in [9.17, 15) is 15.2 Å². The van der Waals surface area contributed by atoms with Gasteiger partial charge in [0.1, 0.15) is 0 Å². The molecule has 1 unspecified atom stereocenters. The first kappa shape index (κ1) is 25.3. The largest absolute Gasteiger partial charge is 0.411 e. The van der Waals surface area contributed by atoms with Crippen molar-refractivity contribution in [2.75, 3.05) is 0 Å². The highest BCUT2D eigenvalue weighted by Gasteiger charge is 2.69. The fraction of sp³-hybridized carbons (Fsp3) is 0.867. The summed E-state index contributed by atoms with van der Waals surface area (Å²) in [6.07, 6.45) is 11.8. The average molecular weight is 485 g/mol. The molecule has 0 aromatic heterocycles. The van der Waals surface area contributed by atoms with Gasteiger partial charge in [-0.15, -0.1) is 0 Å². The van der Waals surface area contributed by atoms with E-state index < -0.39 is 5.41 Å². The molecule has 9 atom stereocenters. The zero-order valence-electron chi connectivity index (χ0n) is 23.1. The lowest BCUT2D eigenvalue weighted by Crippen LogP contribution is -2.65. The molecule has 35 heavy (non-hydrogen) atoms. The van der Waals surface area contributed by atoms with Gasteiger partial charge in [-0.05, 0) is 104 Å². The molecule has 0 radical (unpaired) electrons. The van der Waals surface area contributed by atoms with E-state index in [-0.39, 0.29) is 33.5 Å². The summed E-state index contributed by atoms with van der Waals surface area (Å²) in [4.78, 5) is 13.3. The smallest absolute Gasteiger partial charge is 0.250 e. The number of carbonyl (C=O) groups excluding carboxylic acids is 1. The van der Waals surface area contributed by atoms with Crippen molar-refractivity contribution < 1.29 is 15.2 Å². The summed E-state index contributed by atoms with van der Waals surface area (Å²) < 4.78 is 0. The number of allylic oxidation sites excluding steroid dienone is 2. The quantitative estimate of drug-likeness (QED) is 0.162. The maximum atomic E-state index is 13.3. The van der Waals surface area contributed by atoms with E-state index in [1.807, 2.05) is 0 Å². The average Bonchev–Trinajstić information content (AvgIpc) is 2.81. The molecule has 5 rings (SSSR count). The van der Waals surface area contributed by atoms with Crippen molar-refractivity contribution in [1.29, 1.82) is 0 Å². The van der Waals surface area contributed by atoms with Crippen LogP contribution < -0.4 is 5.48 Å². The Morgan fingerprint density at radius 1 is 1.00 bits per heavy atom. The molecule has 0 aliphatic heterocycles. The van der Waals surface area contributed by atoms with E-state index >= 15 is 0 Å². The molecule has 5 nitrogen and oxygen atoms in total. The van der Waals surface area contributed by atoms with E-state index in [4.69, 9.17) is 0 Å². The third-order valence-corrected chi connectivity index (χ3v) is 13.4. The van der Waals surface area contributed by atoms with Gasteiger partial charge in [-0.25, -0.2) is 5.48 Å². The van der Waals surface area contributed by atoms with Crippen LogP contribution in [0.5, 0.6) is 0 Å². The van der Waals surface area contributed by atoms with Gasteiger partial charge in [0.05, 0.1) is 11.1 Å². The number of hydrogen-bond acceptors (Lipinski definition) is 4. The second-order valence-electron chi connectivity index (χ2n) is 14.5. The molecule has 196 valence electrons. The summed E-state index contributed by atoms with van der Waals surface area (Å²) in [6, 6.07) is 0. The molecule has 3 N–H and O–H groups in total. The minimum Gasteiger partial charge on any atom is -0.411 e. The first-order valence-corrected chi connectivity index (χ1v) is 14.2. The van der Waals surface area contributed by atoms with Gasteiger partial charge < -0.3 is 5.21 Å². The number of fused-ring (bicyclic) bond motifs is 7. The summed E-state index contributed by atoms with van der Waals surface area (Å²) in [7, 11) is 0. The fourth-order valence-corrected chi connectivity index (χ4v) is 11.0. The van der Waals surface area contributed by atoms with Crippen LogP contribution in [0.1, 0.15) is 106 Å². The van der Waals surface area contributed by atoms with Crippen LogP contribution in [0, 0.1) is 56.7 Å². The van der Waals surface area contributed by atoms with Crippen molar-refractivity contribution in [3.63, 3.8) is 0 Å². The highest BCUT2D eigenvalue weighted by atomic mass is 16.5. The lowest BCUT2D eigenvalue weighted by molar-refractivity contribution is -0.176. The maximum absolute atomic E-state index is 13.3. The molecule has 0 spiro atoms. The number of nitrogens with zero attached hydrogens (tertiary/aromatic N) is 1. The van der Waals surface area contributed by atoms with Crippen molar-refractivity contribution in [2.24, 2.45) is 61.8 Å². The van der Waals surface area contributed by atoms with Gasteiger partial charge in [0.15, 0.2) is 0 Å². The Kier molecular flexibility index (Phi) is 5.65. The highest BCUT2D eigenvalue weighted by Crippen LogP contribution is 2.75. The van der Waals surface area contributed by atoms with Crippen LogP contribution in [0.2, 0.25) is 0 Å². The van der Waals surface area contributed by atoms with E-state index in [0.29, 0.717) is 23.7 Å². The number of rotatable bonds is 1. The molecule has 0 heterocycles. The Hall–Kier alpha value is -1.36. The van der Waals surface area contributed by atoms with E-state index in [0.717, 1.165) is 57.1 Å². The Labute approximate surface area is 212 Å². The summed E-state index contributed by atoms with van der Waals surface area (Å²) in [5.74, 6) is 2.15. The molecule has 5 aliphatic rings. The molecule has 0 aromatic rings. The lowest BCUT2D eigenvalue weighted by Gasteiger charge is -2.71. The molecular formula is C30H48N2O3. The predicted octanol–water partition coefficient (Wildman–Crippen LogP) is 6.98. The van der Waals surface area contributed by atoms with Crippen LogP contribution in [0.25, 0.3) is 0 Å². The van der Waals surface area contributed by atoms with Gasteiger partial charge in [0, 0.05) is 5.41 Å². The number of amides is 1. The minimum absolute atomic E-state index is 0.0641. The second-order valence-corrected chi connectivity index (χ2v) is 14.5. The molecule has 0 bridgehead atoms. The van der Waals surface area contributed by atoms with Crippen LogP contribution in [0.4, 0.5) is 0 Å².